The molecule has 0 fully saturated rings. The van der Waals surface area contributed by atoms with Crippen LogP contribution in [0.15, 0.2) is 30.3 Å². The van der Waals surface area contributed by atoms with Gasteiger partial charge in [0, 0.05) is 12.6 Å². The topological polar surface area (TPSA) is 32.3 Å². The molecule has 96 valence electrons. The molecule has 2 nitrogen and oxygen atoms in total. The number of rotatable bonds is 7. The van der Waals surface area contributed by atoms with Gasteiger partial charge < -0.3 is 10.4 Å². The Labute approximate surface area is 105 Å². The summed E-state index contributed by atoms with van der Waals surface area (Å²) in [5.41, 5.74) is 0.182. The Bertz CT molecular complexity index is 308. The van der Waals surface area contributed by atoms with E-state index in [2.05, 4.69) is 19.2 Å². The van der Waals surface area contributed by atoms with Crippen molar-refractivity contribution >= 4 is 0 Å². The van der Waals surface area contributed by atoms with Crippen LogP contribution in [0.5, 0.6) is 0 Å². The Hall–Kier alpha value is -0.860. The van der Waals surface area contributed by atoms with Crippen LogP contribution in [0, 0.1) is 0 Å². The zero-order valence-corrected chi connectivity index (χ0v) is 11.2. The summed E-state index contributed by atoms with van der Waals surface area (Å²) in [6.45, 7) is 6.85. The van der Waals surface area contributed by atoms with E-state index >= 15 is 0 Å². The number of hydrogen-bond donors (Lipinski definition) is 2. The van der Waals surface area contributed by atoms with Gasteiger partial charge in [-0.3, -0.25) is 0 Å². The van der Waals surface area contributed by atoms with Gasteiger partial charge in [-0.15, -0.1) is 0 Å². The maximum Gasteiger partial charge on any atom is 0.0992 e. The molecule has 1 aromatic carbocycles. The second-order valence-electron chi connectivity index (χ2n) is 4.91. The van der Waals surface area contributed by atoms with Crippen molar-refractivity contribution in [3.05, 3.63) is 35.9 Å². The Morgan fingerprint density at radius 1 is 1.24 bits per heavy atom. The van der Waals surface area contributed by atoms with Gasteiger partial charge in [-0.05, 0) is 25.3 Å². The quantitative estimate of drug-likeness (QED) is 0.761. The standard InChI is InChI=1S/C15H25NO/c1-4-9-14(5-2)16-12-15(3,17)13-10-7-6-8-11-13/h6-8,10-11,14,16-17H,4-5,9,12H2,1-3H3. The van der Waals surface area contributed by atoms with Crippen molar-refractivity contribution in [2.45, 2.75) is 51.7 Å². The molecule has 0 aliphatic rings. The molecule has 2 atom stereocenters. The van der Waals surface area contributed by atoms with Crippen LogP contribution in [0.25, 0.3) is 0 Å². The summed E-state index contributed by atoms with van der Waals surface area (Å²) in [6, 6.07) is 10.4. The molecule has 0 saturated heterocycles. The van der Waals surface area contributed by atoms with E-state index < -0.39 is 5.60 Å². The first-order valence-electron chi connectivity index (χ1n) is 6.61. The average molecular weight is 235 g/mol. The minimum absolute atomic E-state index is 0.509. The molecule has 2 unspecified atom stereocenters. The van der Waals surface area contributed by atoms with Crippen LogP contribution in [0.1, 0.15) is 45.6 Å². The first kappa shape index (κ1) is 14.2. The summed E-state index contributed by atoms with van der Waals surface area (Å²) < 4.78 is 0. The fourth-order valence-electron chi connectivity index (χ4n) is 2.04. The molecule has 0 aromatic heterocycles. The largest absolute Gasteiger partial charge is 0.384 e. The van der Waals surface area contributed by atoms with Gasteiger partial charge >= 0.3 is 0 Å². The lowest BCUT2D eigenvalue weighted by Gasteiger charge is -2.27. The van der Waals surface area contributed by atoms with Crippen LogP contribution in [-0.2, 0) is 5.60 Å². The summed E-state index contributed by atoms with van der Waals surface area (Å²) in [4.78, 5) is 0. The van der Waals surface area contributed by atoms with Crippen LogP contribution < -0.4 is 5.32 Å². The molecule has 2 heteroatoms. The molecular formula is C15H25NO. The lowest BCUT2D eigenvalue weighted by Crippen LogP contribution is -2.40. The molecule has 0 saturated carbocycles. The molecule has 2 N–H and O–H groups in total. The molecule has 0 radical (unpaired) electrons. The third-order valence-electron chi connectivity index (χ3n) is 3.26. The van der Waals surface area contributed by atoms with Crippen molar-refractivity contribution in [2.75, 3.05) is 6.54 Å². The third kappa shape index (κ3) is 4.49. The van der Waals surface area contributed by atoms with E-state index in [9.17, 15) is 5.11 Å². The van der Waals surface area contributed by atoms with Crippen molar-refractivity contribution in [1.29, 1.82) is 0 Å². The van der Waals surface area contributed by atoms with E-state index in [1.165, 1.54) is 12.8 Å². The Balaban J connectivity index is 2.55. The molecule has 0 aliphatic carbocycles. The number of hydrogen-bond acceptors (Lipinski definition) is 2. The summed E-state index contributed by atoms with van der Waals surface area (Å²) in [5.74, 6) is 0. The Kier molecular flexibility index (Phi) is 5.66. The van der Waals surface area contributed by atoms with E-state index in [1.807, 2.05) is 37.3 Å². The highest BCUT2D eigenvalue weighted by atomic mass is 16.3. The van der Waals surface area contributed by atoms with Gasteiger partial charge in [0.1, 0.15) is 0 Å². The van der Waals surface area contributed by atoms with Crippen molar-refractivity contribution in [3.8, 4) is 0 Å². The number of benzene rings is 1. The molecule has 0 amide bonds. The summed E-state index contributed by atoms with van der Waals surface area (Å²) in [5, 5.41) is 13.9. The van der Waals surface area contributed by atoms with Gasteiger partial charge in [0.2, 0.25) is 0 Å². The molecule has 0 spiro atoms. The van der Waals surface area contributed by atoms with Gasteiger partial charge in [0.15, 0.2) is 0 Å². The zero-order valence-electron chi connectivity index (χ0n) is 11.2. The van der Waals surface area contributed by atoms with E-state index in [4.69, 9.17) is 0 Å². The fourth-order valence-corrected chi connectivity index (χ4v) is 2.04. The van der Waals surface area contributed by atoms with Crippen LogP contribution in [-0.4, -0.2) is 17.7 Å². The lowest BCUT2D eigenvalue weighted by atomic mass is 9.95. The predicted molar refractivity (Wildman–Crippen MR) is 73.0 cm³/mol. The van der Waals surface area contributed by atoms with E-state index in [-0.39, 0.29) is 0 Å². The fraction of sp³-hybridized carbons (Fsp3) is 0.600. The minimum atomic E-state index is -0.789. The van der Waals surface area contributed by atoms with Crippen molar-refractivity contribution in [3.63, 3.8) is 0 Å². The SMILES string of the molecule is CCCC(CC)NCC(C)(O)c1ccccc1. The average Bonchev–Trinajstić information content (AvgIpc) is 2.35. The van der Waals surface area contributed by atoms with Crippen LogP contribution >= 0.6 is 0 Å². The lowest BCUT2D eigenvalue weighted by molar-refractivity contribution is 0.0532. The van der Waals surface area contributed by atoms with Gasteiger partial charge in [-0.1, -0.05) is 50.6 Å². The molecule has 17 heavy (non-hydrogen) atoms. The monoisotopic (exact) mass is 235 g/mol. The number of nitrogens with one attached hydrogen (secondary N) is 1. The predicted octanol–water partition coefficient (Wildman–Crippen LogP) is 3.06. The summed E-state index contributed by atoms with van der Waals surface area (Å²) in [7, 11) is 0. The highest BCUT2D eigenvalue weighted by Crippen LogP contribution is 2.19. The van der Waals surface area contributed by atoms with Gasteiger partial charge in [0.25, 0.3) is 0 Å². The van der Waals surface area contributed by atoms with E-state index in [0.29, 0.717) is 12.6 Å². The van der Waals surface area contributed by atoms with Crippen molar-refractivity contribution in [1.82, 2.24) is 5.32 Å². The third-order valence-corrected chi connectivity index (χ3v) is 3.26. The van der Waals surface area contributed by atoms with E-state index in [0.717, 1.165) is 12.0 Å². The molecule has 0 bridgehead atoms. The Morgan fingerprint density at radius 3 is 2.41 bits per heavy atom. The second-order valence-corrected chi connectivity index (χ2v) is 4.91. The van der Waals surface area contributed by atoms with Gasteiger partial charge in [-0.25, -0.2) is 0 Å². The van der Waals surface area contributed by atoms with Gasteiger partial charge in [-0.2, -0.15) is 0 Å². The first-order chi connectivity index (χ1) is 8.10. The Morgan fingerprint density at radius 2 is 1.88 bits per heavy atom. The first-order valence-corrected chi connectivity index (χ1v) is 6.61. The second kappa shape index (κ2) is 6.77. The van der Waals surface area contributed by atoms with Crippen molar-refractivity contribution < 1.29 is 5.11 Å². The number of aliphatic hydroxyl groups is 1. The highest BCUT2D eigenvalue weighted by molar-refractivity contribution is 5.21. The van der Waals surface area contributed by atoms with Gasteiger partial charge in [0.05, 0.1) is 5.60 Å². The zero-order chi connectivity index (χ0) is 12.7. The van der Waals surface area contributed by atoms with Crippen LogP contribution in [0.4, 0.5) is 0 Å². The molecule has 1 rings (SSSR count). The maximum absolute atomic E-state index is 10.4. The summed E-state index contributed by atoms with van der Waals surface area (Å²) in [6.07, 6.45) is 3.46. The normalized spacial score (nSPS) is 16.5. The highest BCUT2D eigenvalue weighted by Gasteiger charge is 2.23. The molecule has 1 aromatic rings. The van der Waals surface area contributed by atoms with Crippen LogP contribution in [0.3, 0.4) is 0 Å². The molecular weight excluding hydrogens is 210 g/mol. The van der Waals surface area contributed by atoms with Crippen molar-refractivity contribution in [2.24, 2.45) is 0 Å². The molecule has 0 aliphatic heterocycles. The summed E-state index contributed by atoms with van der Waals surface area (Å²) >= 11 is 0. The smallest absolute Gasteiger partial charge is 0.0992 e. The van der Waals surface area contributed by atoms with Crippen LogP contribution in [0.2, 0.25) is 0 Å². The van der Waals surface area contributed by atoms with E-state index in [1.54, 1.807) is 0 Å². The molecule has 0 heterocycles. The minimum Gasteiger partial charge on any atom is -0.384 e. The maximum atomic E-state index is 10.4.